The highest BCUT2D eigenvalue weighted by Crippen LogP contribution is 2.13. The van der Waals surface area contributed by atoms with Crippen LogP contribution in [-0.4, -0.2) is 75.2 Å². The van der Waals surface area contributed by atoms with Crippen molar-refractivity contribution in [2.45, 2.75) is 168 Å². The second-order valence-corrected chi connectivity index (χ2v) is 13.0. The Kier molecular flexibility index (Phi) is 30.1. The Balaban J connectivity index is 2.01. The average molecular weight is 565 g/mol. The van der Waals surface area contributed by atoms with Crippen molar-refractivity contribution in [3.8, 4) is 0 Å². The van der Waals surface area contributed by atoms with Gasteiger partial charge in [0.1, 0.15) is 0 Å². The van der Waals surface area contributed by atoms with Crippen LogP contribution in [0.25, 0.3) is 0 Å². The van der Waals surface area contributed by atoms with Crippen molar-refractivity contribution < 1.29 is 0 Å². The van der Waals surface area contributed by atoms with Crippen LogP contribution in [0.5, 0.6) is 0 Å². The molecule has 0 atom stereocenters. The first-order valence-electron chi connectivity index (χ1n) is 18.7. The Morgan fingerprint density at radius 3 is 1.38 bits per heavy atom. The van der Waals surface area contributed by atoms with Crippen molar-refractivity contribution >= 4 is 0 Å². The maximum atomic E-state index is 3.77. The summed E-state index contributed by atoms with van der Waals surface area (Å²) in [5, 5.41) is 7.27. The predicted molar refractivity (Wildman–Crippen MR) is 181 cm³/mol. The molecule has 4 heteroatoms. The Morgan fingerprint density at radius 1 is 0.475 bits per heavy atom. The number of nitrogens with one attached hydrogen (secondary N) is 2. The van der Waals surface area contributed by atoms with Gasteiger partial charge < -0.3 is 15.5 Å². The molecule has 0 amide bonds. The topological polar surface area (TPSA) is 30.5 Å². The molecule has 1 fully saturated rings. The zero-order valence-electron chi connectivity index (χ0n) is 27.9. The van der Waals surface area contributed by atoms with E-state index in [0.29, 0.717) is 0 Å². The molecule has 4 nitrogen and oxygen atoms in total. The average Bonchev–Trinajstić information content (AvgIpc) is 2.98. The second kappa shape index (κ2) is 31.8. The van der Waals surface area contributed by atoms with Gasteiger partial charge in [0.15, 0.2) is 0 Å². The fraction of sp³-hybridized carbons (Fsp3) is 1.00. The summed E-state index contributed by atoms with van der Waals surface area (Å²) in [6.45, 7) is 16.8. The van der Waals surface area contributed by atoms with E-state index in [1.165, 1.54) is 213 Å². The van der Waals surface area contributed by atoms with E-state index in [1.54, 1.807) is 0 Å². The van der Waals surface area contributed by atoms with E-state index in [0.717, 1.165) is 6.54 Å². The fourth-order valence-electron chi connectivity index (χ4n) is 6.18. The van der Waals surface area contributed by atoms with E-state index < -0.39 is 0 Å². The van der Waals surface area contributed by atoms with Crippen LogP contribution in [0.1, 0.15) is 168 Å². The monoisotopic (exact) mass is 565 g/mol. The van der Waals surface area contributed by atoms with Crippen molar-refractivity contribution in [2.75, 3.05) is 65.4 Å². The molecular weight excluding hydrogens is 488 g/mol. The van der Waals surface area contributed by atoms with E-state index >= 15 is 0 Å². The lowest BCUT2D eigenvalue weighted by atomic mass is 10.1. The van der Waals surface area contributed by atoms with Gasteiger partial charge in [0.25, 0.3) is 0 Å². The van der Waals surface area contributed by atoms with E-state index in [1.807, 2.05) is 0 Å². The van der Waals surface area contributed by atoms with Crippen LogP contribution in [0.15, 0.2) is 0 Å². The van der Waals surface area contributed by atoms with Crippen molar-refractivity contribution in [2.24, 2.45) is 0 Å². The minimum absolute atomic E-state index is 1.16. The fourth-order valence-corrected chi connectivity index (χ4v) is 6.18. The third kappa shape index (κ3) is 26.7. The quantitative estimate of drug-likeness (QED) is 0.0797. The minimum atomic E-state index is 1.16. The number of hydrogen-bond donors (Lipinski definition) is 2. The molecule has 0 saturated carbocycles. The zero-order valence-corrected chi connectivity index (χ0v) is 27.9. The Morgan fingerprint density at radius 2 is 0.900 bits per heavy atom. The SMILES string of the molecule is CCCCCCCCCCCCCCNCCN(CCCCCCCCCCCCCC)CCN1CCNCC1. The number of hydrogen-bond acceptors (Lipinski definition) is 4. The normalized spacial score (nSPS) is 14.5. The molecular formula is C36H76N4. The lowest BCUT2D eigenvalue weighted by molar-refractivity contribution is 0.186. The number of unbranched alkanes of at least 4 members (excludes halogenated alkanes) is 22. The maximum Gasteiger partial charge on any atom is 0.0110 e. The summed E-state index contributed by atoms with van der Waals surface area (Å²) >= 11 is 0. The molecule has 0 aromatic carbocycles. The van der Waals surface area contributed by atoms with Gasteiger partial charge in [-0.3, -0.25) is 4.90 Å². The van der Waals surface area contributed by atoms with Crippen LogP contribution in [-0.2, 0) is 0 Å². The predicted octanol–water partition coefficient (Wildman–Crippen LogP) is 9.19. The van der Waals surface area contributed by atoms with E-state index in [-0.39, 0.29) is 0 Å². The first-order valence-corrected chi connectivity index (χ1v) is 18.7. The molecule has 240 valence electrons. The molecule has 0 spiro atoms. The Hall–Kier alpha value is -0.160. The minimum Gasteiger partial charge on any atom is -0.315 e. The highest BCUT2D eigenvalue weighted by Gasteiger charge is 2.11. The van der Waals surface area contributed by atoms with Crippen LogP contribution in [0.2, 0.25) is 0 Å². The maximum absolute atomic E-state index is 3.77. The Labute approximate surface area is 253 Å². The molecule has 2 N–H and O–H groups in total. The van der Waals surface area contributed by atoms with Gasteiger partial charge in [0.2, 0.25) is 0 Å². The van der Waals surface area contributed by atoms with Crippen molar-refractivity contribution in [3.05, 3.63) is 0 Å². The Bertz CT molecular complexity index is 466. The van der Waals surface area contributed by atoms with E-state index in [4.69, 9.17) is 0 Å². The highest BCUT2D eigenvalue weighted by molar-refractivity contribution is 4.70. The molecule has 0 aromatic heterocycles. The highest BCUT2D eigenvalue weighted by atomic mass is 15.2. The molecule has 1 rings (SSSR count). The number of piperazine rings is 1. The summed E-state index contributed by atoms with van der Waals surface area (Å²) in [5.74, 6) is 0. The molecule has 1 aliphatic rings. The third-order valence-electron chi connectivity index (χ3n) is 9.08. The van der Waals surface area contributed by atoms with Crippen LogP contribution in [0.4, 0.5) is 0 Å². The number of nitrogens with zero attached hydrogens (tertiary/aromatic N) is 2. The largest absolute Gasteiger partial charge is 0.315 e. The zero-order chi connectivity index (χ0) is 28.6. The molecule has 40 heavy (non-hydrogen) atoms. The lowest BCUT2D eigenvalue weighted by Gasteiger charge is -2.30. The van der Waals surface area contributed by atoms with Crippen molar-refractivity contribution in [1.29, 1.82) is 0 Å². The molecule has 0 bridgehead atoms. The standard InChI is InChI=1S/C36H76N4/c1-3-5-7-9-11-13-15-17-19-21-23-25-27-37-28-32-39(35-36-40-33-29-38-30-34-40)31-26-24-22-20-18-16-14-12-10-8-6-4-2/h37-38H,3-36H2,1-2H3. The van der Waals surface area contributed by atoms with Crippen LogP contribution in [0, 0.1) is 0 Å². The van der Waals surface area contributed by atoms with Gasteiger partial charge in [-0.15, -0.1) is 0 Å². The van der Waals surface area contributed by atoms with Gasteiger partial charge in [0, 0.05) is 52.4 Å². The van der Waals surface area contributed by atoms with Crippen molar-refractivity contribution in [3.63, 3.8) is 0 Å². The summed E-state index contributed by atoms with van der Waals surface area (Å²) in [4.78, 5) is 5.42. The summed E-state index contributed by atoms with van der Waals surface area (Å²) in [5.41, 5.74) is 0. The van der Waals surface area contributed by atoms with E-state index in [2.05, 4.69) is 34.3 Å². The summed E-state index contributed by atoms with van der Waals surface area (Å²) in [6, 6.07) is 0. The summed E-state index contributed by atoms with van der Waals surface area (Å²) in [7, 11) is 0. The van der Waals surface area contributed by atoms with Crippen LogP contribution < -0.4 is 10.6 Å². The molecule has 1 saturated heterocycles. The molecule has 0 unspecified atom stereocenters. The van der Waals surface area contributed by atoms with E-state index in [9.17, 15) is 0 Å². The van der Waals surface area contributed by atoms with Gasteiger partial charge in [0.05, 0.1) is 0 Å². The van der Waals surface area contributed by atoms with Crippen LogP contribution in [0.3, 0.4) is 0 Å². The molecule has 0 radical (unpaired) electrons. The molecule has 1 heterocycles. The summed E-state index contributed by atoms with van der Waals surface area (Å²) in [6.07, 6.45) is 34.5. The first-order chi connectivity index (χ1) is 19.9. The van der Waals surface area contributed by atoms with Gasteiger partial charge in [-0.1, -0.05) is 155 Å². The lowest BCUT2D eigenvalue weighted by Crippen LogP contribution is -2.47. The molecule has 0 aliphatic carbocycles. The smallest absolute Gasteiger partial charge is 0.0110 e. The third-order valence-corrected chi connectivity index (χ3v) is 9.08. The van der Waals surface area contributed by atoms with Gasteiger partial charge in [-0.05, 0) is 25.9 Å². The first kappa shape index (κ1) is 37.9. The number of rotatable bonds is 32. The van der Waals surface area contributed by atoms with Crippen LogP contribution >= 0.6 is 0 Å². The summed E-state index contributed by atoms with van der Waals surface area (Å²) < 4.78 is 0. The second-order valence-electron chi connectivity index (χ2n) is 13.0. The van der Waals surface area contributed by atoms with Gasteiger partial charge >= 0.3 is 0 Å². The molecule has 1 aliphatic heterocycles. The van der Waals surface area contributed by atoms with Gasteiger partial charge in [-0.25, -0.2) is 0 Å². The van der Waals surface area contributed by atoms with Crippen molar-refractivity contribution in [1.82, 2.24) is 20.4 Å². The molecule has 0 aromatic rings. The van der Waals surface area contributed by atoms with Gasteiger partial charge in [-0.2, -0.15) is 0 Å².